The summed E-state index contributed by atoms with van der Waals surface area (Å²) >= 11 is 0. The zero-order valence-corrected chi connectivity index (χ0v) is 26.9. The molecule has 0 bridgehead atoms. The van der Waals surface area contributed by atoms with Crippen molar-refractivity contribution in [1.29, 1.82) is 0 Å². The number of ketones is 1. The summed E-state index contributed by atoms with van der Waals surface area (Å²) < 4.78 is 0. The van der Waals surface area contributed by atoms with Crippen LogP contribution in [0, 0.1) is 31.7 Å². The van der Waals surface area contributed by atoms with Gasteiger partial charge in [0.1, 0.15) is 0 Å². The van der Waals surface area contributed by atoms with Crippen molar-refractivity contribution >= 4 is 16.6 Å². The maximum Gasteiger partial charge on any atom is 0.162 e. The molecular weight excluding hydrogens is 647 g/mol. The molecule has 0 fully saturated rings. The Hall–Kier alpha value is -2.29. The van der Waals surface area contributed by atoms with Crippen LogP contribution in [0.25, 0.3) is 22.0 Å². The molecule has 0 spiro atoms. The fraction of sp³-hybridized carbons (Fsp3) is 0.471. The number of hydrogen-bond acceptors (Lipinski definition) is 3. The van der Waals surface area contributed by atoms with Crippen molar-refractivity contribution in [2.24, 2.45) is 11.8 Å². The van der Waals surface area contributed by atoms with Gasteiger partial charge in [0.15, 0.2) is 5.78 Å². The van der Waals surface area contributed by atoms with Crippen LogP contribution in [0.3, 0.4) is 0 Å². The van der Waals surface area contributed by atoms with Gasteiger partial charge in [0.05, 0.1) is 5.76 Å². The van der Waals surface area contributed by atoms with Gasteiger partial charge in [-0.15, -0.1) is 34.9 Å². The second kappa shape index (κ2) is 16.6. The van der Waals surface area contributed by atoms with Crippen LogP contribution >= 0.6 is 0 Å². The van der Waals surface area contributed by atoms with Crippen LogP contribution < -0.4 is 0 Å². The third-order valence-electron chi connectivity index (χ3n) is 7.46. The number of carbonyl (C=O) groups excluding carboxylic acids is 1. The molecule has 0 saturated heterocycles. The van der Waals surface area contributed by atoms with Gasteiger partial charge in [-0.05, 0) is 66.1 Å². The van der Waals surface area contributed by atoms with Crippen molar-refractivity contribution in [2.75, 3.05) is 0 Å². The molecule has 209 valence electrons. The van der Waals surface area contributed by atoms with Crippen LogP contribution in [0.4, 0.5) is 0 Å². The number of rotatable bonds is 10. The number of pyridine rings is 1. The van der Waals surface area contributed by atoms with Crippen LogP contribution in [0.1, 0.15) is 96.3 Å². The maximum atomic E-state index is 11.7. The van der Waals surface area contributed by atoms with Crippen LogP contribution in [0.15, 0.2) is 54.4 Å². The molecule has 0 aliphatic heterocycles. The minimum atomic E-state index is 0. The molecule has 38 heavy (non-hydrogen) atoms. The molecule has 1 N–H and O–H groups in total. The standard InChI is InChI=1S/C21H22N.C13H24O2.Ir/c1-5-16(4)17-6-7-20-18(13-17)8-9-22-21(20)19-11-14(2)10-15(3)12-19;1-5-10(6-2)12(14)9-13(15)11(7-3)8-4;/h6-11,13,16H,5H2,1-4H3;9-11,14H,5-8H2,1-4H3;/q-1;;/b;12-9-;. The first-order chi connectivity index (χ1) is 17.7. The Bertz CT molecular complexity index is 1170. The fourth-order valence-corrected chi connectivity index (χ4v) is 4.76. The summed E-state index contributed by atoms with van der Waals surface area (Å²) in [5, 5.41) is 12.2. The largest absolute Gasteiger partial charge is 0.512 e. The van der Waals surface area contributed by atoms with E-state index in [2.05, 4.69) is 75.1 Å². The Morgan fingerprint density at radius 1 is 0.921 bits per heavy atom. The molecule has 1 atom stereocenters. The Morgan fingerprint density at radius 2 is 1.55 bits per heavy atom. The number of aliphatic hydroxyl groups excluding tert-OH is 1. The zero-order chi connectivity index (χ0) is 27.5. The Morgan fingerprint density at radius 3 is 2.11 bits per heavy atom. The van der Waals surface area contributed by atoms with E-state index in [0.717, 1.165) is 48.9 Å². The quantitative estimate of drug-likeness (QED) is 0.131. The number of allylic oxidation sites excluding steroid dienone is 2. The van der Waals surface area contributed by atoms with Crippen molar-refractivity contribution in [1.82, 2.24) is 4.98 Å². The number of aromatic nitrogens is 1. The molecule has 0 aliphatic carbocycles. The van der Waals surface area contributed by atoms with Gasteiger partial charge in [0, 0.05) is 44.2 Å². The van der Waals surface area contributed by atoms with Crippen LogP contribution in [0.2, 0.25) is 0 Å². The average Bonchev–Trinajstić information content (AvgIpc) is 2.88. The average molecular weight is 693 g/mol. The Kier molecular flexibility index (Phi) is 14.8. The van der Waals surface area contributed by atoms with Crippen molar-refractivity contribution in [3.05, 3.63) is 77.2 Å². The van der Waals surface area contributed by atoms with Gasteiger partial charge in [0.25, 0.3) is 0 Å². The minimum absolute atomic E-state index is 0. The number of aryl methyl sites for hydroxylation is 2. The molecule has 2 aromatic carbocycles. The Balaban J connectivity index is 0.000000401. The molecule has 1 unspecified atom stereocenters. The van der Waals surface area contributed by atoms with Crippen LogP contribution in [-0.2, 0) is 24.9 Å². The number of fused-ring (bicyclic) bond motifs is 1. The number of nitrogens with zero attached hydrogens (tertiary/aromatic N) is 1. The number of carbonyl (C=O) groups is 1. The van der Waals surface area contributed by atoms with Crippen LogP contribution in [0.5, 0.6) is 0 Å². The summed E-state index contributed by atoms with van der Waals surface area (Å²) in [5.74, 6) is 1.14. The molecule has 1 aromatic heterocycles. The van der Waals surface area contributed by atoms with Crippen molar-refractivity contribution in [2.45, 2.75) is 93.4 Å². The normalized spacial score (nSPS) is 12.2. The second-order valence-electron chi connectivity index (χ2n) is 10.2. The summed E-state index contributed by atoms with van der Waals surface area (Å²) in [7, 11) is 0. The molecule has 3 aromatic rings. The first-order valence-corrected chi connectivity index (χ1v) is 14.0. The monoisotopic (exact) mass is 693 g/mol. The summed E-state index contributed by atoms with van der Waals surface area (Å²) in [6.07, 6.45) is 7.97. The number of benzene rings is 2. The van der Waals surface area contributed by atoms with Gasteiger partial charge in [-0.3, -0.25) is 4.79 Å². The molecule has 3 nitrogen and oxygen atoms in total. The van der Waals surface area contributed by atoms with Gasteiger partial charge < -0.3 is 10.1 Å². The van der Waals surface area contributed by atoms with E-state index in [1.165, 1.54) is 28.0 Å². The molecule has 0 amide bonds. The molecule has 4 heteroatoms. The zero-order valence-electron chi connectivity index (χ0n) is 24.5. The second-order valence-corrected chi connectivity index (χ2v) is 10.2. The summed E-state index contributed by atoms with van der Waals surface area (Å²) in [6, 6.07) is 16.6. The fourth-order valence-electron chi connectivity index (χ4n) is 4.76. The van der Waals surface area contributed by atoms with E-state index >= 15 is 0 Å². The van der Waals surface area contributed by atoms with E-state index in [1.54, 1.807) is 0 Å². The first-order valence-electron chi connectivity index (χ1n) is 14.0. The van der Waals surface area contributed by atoms with Gasteiger partial charge in [-0.1, -0.05) is 73.6 Å². The Labute approximate surface area is 244 Å². The van der Waals surface area contributed by atoms with E-state index in [1.807, 2.05) is 33.9 Å². The van der Waals surface area contributed by atoms with E-state index < -0.39 is 0 Å². The third-order valence-corrected chi connectivity index (χ3v) is 7.46. The number of aliphatic hydroxyl groups is 1. The van der Waals surface area contributed by atoms with Crippen molar-refractivity contribution in [3.63, 3.8) is 0 Å². The topological polar surface area (TPSA) is 50.2 Å². The van der Waals surface area contributed by atoms with Gasteiger partial charge in [-0.2, -0.15) is 0 Å². The minimum Gasteiger partial charge on any atom is -0.512 e. The van der Waals surface area contributed by atoms with Crippen molar-refractivity contribution in [3.8, 4) is 11.3 Å². The smallest absolute Gasteiger partial charge is 0.162 e. The molecular formula is C34H46IrNO2-. The third kappa shape index (κ3) is 9.17. The summed E-state index contributed by atoms with van der Waals surface area (Å²) in [6.45, 7) is 16.8. The van der Waals surface area contributed by atoms with E-state index in [-0.39, 0.29) is 43.5 Å². The maximum absolute atomic E-state index is 11.7. The SMILES string of the molecule is CCC(C)c1ccc2c(-c3[c-]c(C)cc(C)c3)nccc2c1.CCC(CC)C(=O)/C=C(\O)C(CC)CC.[Ir]. The predicted octanol–water partition coefficient (Wildman–Crippen LogP) is 9.70. The van der Waals surface area contributed by atoms with E-state index in [9.17, 15) is 9.90 Å². The predicted molar refractivity (Wildman–Crippen MR) is 158 cm³/mol. The van der Waals surface area contributed by atoms with Gasteiger partial charge >= 0.3 is 0 Å². The first kappa shape index (κ1) is 33.7. The number of hydrogen-bond donors (Lipinski definition) is 1. The summed E-state index contributed by atoms with van der Waals surface area (Å²) in [5.41, 5.74) is 5.92. The van der Waals surface area contributed by atoms with Gasteiger partial charge in [0.2, 0.25) is 0 Å². The summed E-state index contributed by atoms with van der Waals surface area (Å²) in [4.78, 5) is 16.3. The van der Waals surface area contributed by atoms with Crippen LogP contribution in [-0.4, -0.2) is 15.9 Å². The molecule has 0 saturated carbocycles. The molecule has 0 aliphatic rings. The molecule has 3 rings (SSSR count). The van der Waals surface area contributed by atoms with E-state index in [4.69, 9.17) is 0 Å². The molecule has 1 radical (unpaired) electrons. The molecule has 1 heterocycles. The van der Waals surface area contributed by atoms with E-state index in [0.29, 0.717) is 5.92 Å². The van der Waals surface area contributed by atoms with Gasteiger partial charge in [-0.25, -0.2) is 0 Å². The van der Waals surface area contributed by atoms with Crippen molar-refractivity contribution < 1.29 is 30.0 Å².